The Bertz CT molecular complexity index is 395. The number of aliphatic hydroxyl groups is 2. The quantitative estimate of drug-likeness (QED) is 0.644. The van der Waals surface area contributed by atoms with Gasteiger partial charge in [-0.05, 0) is 44.9 Å². The maximum Gasteiger partial charge on any atom is 0.122 e. The molecule has 0 saturated heterocycles. The van der Waals surface area contributed by atoms with E-state index in [-0.39, 0.29) is 19.3 Å². The fourth-order valence-corrected chi connectivity index (χ4v) is 1.99. The molecule has 0 aliphatic rings. The van der Waals surface area contributed by atoms with E-state index in [0.717, 1.165) is 29.8 Å². The molecule has 0 bridgehead atoms. The number of hydrogen-bond donors (Lipinski definition) is 3. The van der Waals surface area contributed by atoms with Crippen LogP contribution in [-0.2, 0) is 6.42 Å². The molecule has 1 aromatic carbocycles. The Labute approximate surface area is 121 Å². The molecule has 2 unspecified atom stereocenters. The van der Waals surface area contributed by atoms with Crippen LogP contribution in [0.5, 0.6) is 5.75 Å². The predicted molar refractivity (Wildman–Crippen MR) is 81.2 cm³/mol. The molecular formula is C16H27NO3. The van der Waals surface area contributed by atoms with Gasteiger partial charge in [0.05, 0.1) is 0 Å². The lowest BCUT2D eigenvalue weighted by atomic mass is 10.1. The molecule has 20 heavy (non-hydrogen) atoms. The molecule has 0 aliphatic heterocycles. The van der Waals surface area contributed by atoms with Crippen LogP contribution in [0, 0.1) is 6.92 Å². The van der Waals surface area contributed by atoms with Gasteiger partial charge in [-0.25, -0.2) is 0 Å². The lowest BCUT2D eigenvalue weighted by molar-refractivity contribution is 0.0782. The maximum absolute atomic E-state index is 10.0. The van der Waals surface area contributed by atoms with Crippen LogP contribution >= 0.6 is 0 Å². The van der Waals surface area contributed by atoms with Gasteiger partial charge < -0.3 is 20.3 Å². The summed E-state index contributed by atoms with van der Waals surface area (Å²) in [4.78, 5) is 0. The van der Waals surface area contributed by atoms with Gasteiger partial charge in [0.1, 0.15) is 18.5 Å². The SMILES string of the molecule is CCCNC(C)C(O)COc1ccc(C)cc1CCO. The Kier molecular flexibility index (Phi) is 7.59. The van der Waals surface area contributed by atoms with Crippen molar-refractivity contribution < 1.29 is 14.9 Å². The molecule has 0 heterocycles. The topological polar surface area (TPSA) is 61.7 Å². The Morgan fingerprint density at radius 2 is 2.10 bits per heavy atom. The van der Waals surface area contributed by atoms with E-state index in [0.29, 0.717) is 6.42 Å². The van der Waals surface area contributed by atoms with E-state index in [1.807, 2.05) is 32.0 Å². The van der Waals surface area contributed by atoms with E-state index in [1.54, 1.807) is 0 Å². The number of aryl methyl sites for hydroxylation is 1. The fraction of sp³-hybridized carbons (Fsp3) is 0.625. The smallest absolute Gasteiger partial charge is 0.122 e. The summed E-state index contributed by atoms with van der Waals surface area (Å²) >= 11 is 0. The third-order valence-corrected chi connectivity index (χ3v) is 3.30. The van der Waals surface area contributed by atoms with Crippen LogP contribution in [0.15, 0.2) is 18.2 Å². The van der Waals surface area contributed by atoms with E-state index in [4.69, 9.17) is 9.84 Å². The van der Waals surface area contributed by atoms with Crippen LogP contribution in [0.4, 0.5) is 0 Å². The molecule has 4 heteroatoms. The first-order valence-corrected chi connectivity index (χ1v) is 7.33. The molecule has 2 atom stereocenters. The highest BCUT2D eigenvalue weighted by Gasteiger charge is 2.15. The summed E-state index contributed by atoms with van der Waals surface area (Å²) in [5.41, 5.74) is 2.12. The molecule has 0 saturated carbocycles. The summed E-state index contributed by atoms with van der Waals surface area (Å²) in [5, 5.41) is 22.4. The predicted octanol–water partition coefficient (Wildman–Crippen LogP) is 1.66. The molecule has 0 aromatic heterocycles. The second-order valence-electron chi connectivity index (χ2n) is 5.21. The average molecular weight is 281 g/mol. The Balaban J connectivity index is 2.56. The van der Waals surface area contributed by atoms with Gasteiger partial charge in [0, 0.05) is 12.6 Å². The van der Waals surface area contributed by atoms with Crippen molar-refractivity contribution in [3.63, 3.8) is 0 Å². The van der Waals surface area contributed by atoms with Crippen LogP contribution in [-0.4, -0.2) is 42.1 Å². The minimum absolute atomic E-state index is 0.00156. The minimum Gasteiger partial charge on any atom is -0.491 e. The van der Waals surface area contributed by atoms with Crippen molar-refractivity contribution in [2.45, 2.75) is 45.8 Å². The minimum atomic E-state index is -0.551. The van der Waals surface area contributed by atoms with Gasteiger partial charge in [0.15, 0.2) is 0 Å². The Morgan fingerprint density at radius 3 is 2.75 bits per heavy atom. The van der Waals surface area contributed by atoms with E-state index >= 15 is 0 Å². The van der Waals surface area contributed by atoms with Gasteiger partial charge >= 0.3 is 0 Å². The molecule has 0 fully saturated rings. The van der Waals surface area contributed by atoms with Gasteiger partial charge in [-0.15, -0.1) is 0 Å². The van der Waals surface area contributed by atoms with E-state index in [2.05, 4.69) is 12.2 Å². The third kappa shape index (κ3) is 5.49. The highest BCUT2D eigenvalue weighted by Crippen LogP contribution is 2.21. The molecule has 0 radical (unpaired) electrons. The number of rotatable bonds is 9. The lowest BCUT2D eigenvalue weighted by Gasteiger charge is -2.21. The summed E-state index contributed by atoms with van der Waals surface area (Å²) in [6.45, 7) is 7.29. The first kappa shape index (κ1) is 17.0. The zero-order valence-corrected chi connectivity index (χ0v) is 12.7. The highest BCUT2D eigenvalue weighted by atomic mass is 16.5. The van der Waals surface area contributed by atoms with Crippen LogP contribution in [0.1, 0.15) is 31.4 Å². The van der Waals surface area contributed by atoms with Crippen molar-refractivity contribution in [3.05, 3.63) is 29.3 Å². The Hall–Kier alpha value is -1.10. The number of aliphatic hydroxyl groups excluding tert-OH is 2. The first-order valence-electron chi connectivity index (χ1n) is 7.33. The van der Waals surface area contributed by atoms with Crippen molar-refractivity contribution in [1.29, 1.82) is 0 Å². The molecule has 0 spiro atoms. The summed E-state index contributed by atoms with van der Waals surface area (Å²) in [6.07, 6.45) is 1.05. The molecule has 0 amide bonds. The molecule has 4 nitrogen and oxygen atoms in total. The normalized spacial score (nSPS) is 14.1. The highest BCUT2D eigenvalue weighted by molar-refractivity contribution is 5.37. The third-order valence-electron chi connectivity index (χ3n) is 3.30. The lowest BCUT2D eigenvalue weighted by Crippen LogP contribution is -2.41. The van der Waals surface area contributed by atoms with Crippen molar-refractivity contribution in [1.82, 2.24) is 5.32 Å². The van der Waals surface area contributed by atoms with Crippen LogP contribution < -0.4 is 10.1 Å². The van der Waals surface area contributed by atoms with Crippen LogP contribution in [0.25, 0.3) is 0 Å². The molecule has 1 aromatic rings. The van der Waals surface area contributed by atoms with Crippen LogP contribution in [0.3, 0.4) is 0 Å². The monoisotopic (exact) mass is 281 g/mol. The molecule has 1 rings (SSSR count). The van der Waals surface area contributed by atoms with Gasteiger partial charge in [-0.3, -0.25) is 0 Å². The van der Waals surface area contributed by atoms with Crippen molar-refractivity contribution >= 4 is 0 Å². The maximum atomic E-state index is 10.0. The summed E-state index contributed by atoms with van der Waals surface area (Å²) in [7, 11) is 0. The van der Waals surface area contributed by atoms with E-state index < -0.39 is 6.10 Å². The number of ether oxygens (including phenoxy) is 1. The molecular weight excluding hydrogens is 254 g/mol. The average Bonchev–Trinajstić information content (AvgIpc) is 2.43. The van der Waals surface area contributed by atoms with Gasteiger partial charge in [-0.2, -0.15) is 0 Å². The number of nitrogens with one attached hydrogen (secondary N) is 1. The molecule has 3 N–H and O–H groups in total. The second kappa shape index (κ2) is 8.95. The van der Waals surface area contributed by atoms with Gasteiger partial charge in [0.25, 0.3) is 0 Å². The largest absolute Gasteiger partial charge is 0.491 e. The van der Waals surface area contributed by atoms with Gasteiger partial charge in [0.2, 0.25) is 0 Å². The van der Waals surface area contributed by atoms with Crippen molar-refractivity contribution in [2.75, 3.05) is 19.8 Å². The summed E-state index contributed by atoms with van der Waals surface area (Å²) in [6, 6.07) is 5.89. The standard InChI is InChI=1S/C16H27NO3/c1-4-8-17-13(3)15(19)11-20-16-6-5-12(2)10-14(16)7-9-18/h5-6,10,13,15,17-19H,4,7-9,11H2,1-3H3. The number of benzene rings is 1. The molecule has 114 valence electrons. The number of hydrogen-bond acceptors (Lipinski definition) is 4. The zero-order chi connectivity index (χ0) is 15.0. The van der Waals surface area contributed by atoms with E-state index in [9.17, 15) is 5.11 Å². The zero-order valence-electron chi connectivity index (χ0n) is 12.7. The summed E-state index contributed by atoms with van der Waals surface area (Å²) < 4.78 is 5.71. The van der Waals surface area contributed by atoms with E-state index in [1.165, 1.54) is 0 Å². The fourth-order valence-electron chi connectivity index (χ4n) is 1.99. The summed E-state index contributed by atoms with van der Waals surface area (Å²) in [5.74, 6) is 0.742. The van der Waals surface area contributed by atoms with Crippen molar-refractivity contribution in [3.8, 4) is 5.75 Å². The second-order valence-corrected chi connectivity index (χ2v) is 5.21. The first-order chi connectivity index (χ1) is 9.58. The van der Waals surface area contributed by atoms with Gasteiger partial charge in [-0.1, -0.05) is 24.6 Å². The van der Waals surface area contributed by atoms with Crippen LogP contribution in [0.2, 0.25) is 0 Å². The Morgan fingerprint density at radius 1 is 1.35 bits per heavy atom. The van der Waals surface area contributed by atoms with Crippen molar-refractivity contribution in [2.24, 2.45) is 0 Å². The molecule has 0 aliphatic carbocycles.